The van der Waals surface area contributed by atoms with Crippen LogP contribution in [-0.4, -0.2) is 43.3 Å². The van der Waals surface area contributed by atoms with Crippen molar-refractivity contribution in [1.82, 2.24) is 4.90 Å². The minimum Gasteiger partial charge on any atom is -0.395 e. The third-order valence-electron chi connectivity index (χ3n) is 0.547. The molecule has 2 N–H and O–H groups in total. The smallest absolute Gasteiger partial charge is 0.231 e. The molecule has 0 spiro atoms. The number of aliphatic hydroxyl groups is 1. The maximum atomic E-state index is 8.35. The summed E-state index contributed by atoms with van der Waals surface area (Å²) < 4.78 is 0. The monoisotopic (exact) mass is 132 g/mol. The largest absolute Gasteiger partial charge is 0.395 e. The van der Waals surface area contributed by atoms with E-state index >= 15 is 0 Å². The summed E-state index contributed by atoms with van der Waals surface area (Å²) in [5, 5.41) is 13.6. The number of hydrogen-bond donors (Lipinski definition) is 2. The summed E-state index contributed by atoms with van der Waals surface area (Å²) in [6.07, 6.45) is 0.750. The highest BCUT2D eigenvalue weighted by Crippen LogP contribution is 1.66. The Labute approximate surface area is 54.6 Å². The lowest BCUT2D eigenvalue weighted by molar-refractivity contribution is 0.243. The van der Waals surface area contributed by atoms with Crippen LogP contribution in [0.3, 0.4) is 0 Å². The Morgan fingerprint density at radius 2 is 2.00 bits per heavy atom. The van der Waals surface area contributed by atoms with Crippen molar-refractivity contribution in [2.75, 3.05) is 27.2 Å². The summed E-state index contributed by atoms with van der Waals surface area (Å²) in [5.74, 6) is 0. The Morgan fingerprint density at radius 1 is 1.67 bits per heavy atom. The Kier molecular flexibility index (Phi) is 12.8. The minimum atomic E-state index is 0.257. The van der Waals surface area contributed by atoms with Crippen molar-refractivity contribution in [2.45, 2.75) is 0 Å². The summed E-state index contributed by atoms with van der Waals surface area (Å²) in [5.41, 5.74) is 0. The lowest BCUT2D eigenvalue weighted by Gasteiger charge is -2.03. The number of likely N-dealkylation sites (N-methyl/N-ethyl adjacent to an activating group) is 1. The van der Waals surface area contributed by atoms with Gasteiger partial charge in [-0.25, -0.2) is 10.2 Å². The molecule has 0 bridgehead atoms. The SMILES string of the molecule is CN(C)CCO.N=C=O. The van der Waals surface area contributed by atoms with E-state index < -0.39 is 0 Å². The fourth-order valence-electron chi connectivity index (χ4n) is 0.200. The van der Waals surface area contributed by atoms with Gasteiger partial charge in [0.1, 0.15) is 0 Å². The van der Waals surface area contributed by atoms with Crippen molar-refractivity contribution in [3.8, 4) is 0 Å². The number of nitrogens with one attached hydrogen (secondary N) is 1. The van der Waals surface area contributed by atoms with E-state index in [4.69, 9.17) is 15.3 Å². The summed E-state index contributed by atoms with van der Waals surface area (Å²) >= 11 is 0. The van der Waals surface area contributed by atoms with Crippen LogP contribution >= 0.6 is 0 Å². The molecule has 0 atom stereocenters. The molecule has 0 aliphatic rings. The molecule has 9 heavy (non-hydrogen) atoms. The standard InChI is InChI=1S/C4H11NO.CHNO/c1-5(2)3-4-6;2-1-3/h6H,3-4H2,1-2H3;2H. The molecule has 0 saturated heterocycles. The van der Waals surface area contributed by atoms with Crippen molar-refractivity contribution < 1.29 is 9.90 Å². The maximum absolute atomic E-state index is 8.35. The Morgan fingerprint density at radius 3 is 2.00 bits per heavy atom. The van der Waals surface area contributed by atoms with E-state index in [0.717, 1.165) is 12.6 Å². The first-order valence-corrected chi connectivity index (χ1v) is 2.48. The molecule has 0 heterocycles. The first-order valence-electron chi connectivity index (χ1n) is 2.48. The predicted octanol–water partition coefficient (Wildman–Crippen LogP) is -0.559. The van der Waals surface area contributed by atoms with Gasteiger partial charge in [0.15, 0.2) is 0 Å². The normalized spacial score (nSPS) is 7.56. The number of nitrogens with zero attached hydrogens (tertiary/aromatic N) is 1. The van der Waals surface area contributed by atoms with Gasteiger partial charge < -0.3 is 10.0 Å². The van der Waals surface area contributed by atoms with Gasteiger partial charge in [0.25, 0.3) is 0 Å². The van der Waals surface area contributed by atoms with Gasteiger partial charge in [0.2, 0.25) is 6.08 Å². The third-order valence-corrected chi connectivity index (χ3v) is 0.547. The van der Waals surface area contributed by atoms with E-state index in [1.165, 1.54) is 0 Å². The van der Waals surface area contributed by atoms with Gasteiger partial charge in [-0.15, -0.1) is 0 Å². The van der Waals surface area contributed by atoms with E-state index in [2.05, 4.69) is 0 Å². The highest BCUT2D eigenvalue weighted by Gasteiger charge is 1.80. The zero-order valence-electron chi connectivity index (χ0n) is 5.72. The van der Waals surface area contributed by atoms with E-state index in [1.54, 1.807) is 0 Å². The number of isocyanates is 1. The molecule has 4 heteroatoms. The summed E-state index contributed by atoms with van der Waals surface area (Å²) in [6, 6.07) is 0. The van der Waals surface area contributed by atoms with Crippen LogP contribution in [0, 0.1) is 5.41 Å². The Hall–Kier alpha value is -0.700. The third kappa shape index (κ3) is 38.8. The fraction of sp³-hybridized carbons (Fsp3) is 0.800. The summed E-state index contributed by atoms with van der Waals surface area (Å²) in [4.78, 5) is 10.3. The molecule has 0 saturated carbocycles. The van der Waals surface area contributed by atoms with Crippen molar-refractivity contribution >= 4 is 6.08 Å². The molecular formula is C5H12N2O2. The second kappa shape index (κ2) is 10.3. The summed E-state index contributed by atoms with van der Waals surface area (Å²) in [6.45, 7) is 1.02. The summed E-state index contributed by atoms with van der Waals surface area (Å²) in [7, 11) is 3.85. The number of aliphatic hydroxyl groups excluding tert-OH is 1. The lowest BCUT2D eigenvalue weighted by atomic mass is 10.6. The molecule has 0 aromatic rings. The van der Waals surface area contributed by atoms with Crippen molar-refractivity contribution in [1.29, 1.82) is 5.41 Å². The average molecular weight is 132 g/mol. The zero-order valence-corrected chi connectivity index (χ0v) is 5.72. The van der Waals surface area contributed by atoms with Crippen LogP contribution in [0.2, 0.25) is 0 Å². The molecule has 0 unspecified atom stereocenters. The van der Waals surface area contributed by atoms with Crippen molar-refractivity contribution in [3.63, 3.8) is 0 Å². The van der Waals surface area contributed by atoms with E-state index in [0.29, 0.717) is 0 Å². The van der Waals surface area contributed by atoms with Gasteiger partial charge in [-0.05, 0) is 14.1 Å². The quantitative estimate of drug-likeness (QED) is 0.391. The second-order valence-electron chi connectivity index (χ2n) is 1.63. The number of rotatable bonds is 2. The number of carbonyl (C=O) groups excluding carboxylic acids is 1. The molecule has 0 radical (unpaired) electrons. The van der Waals surface area contributed by atoms with Crippen LogP contribution in [0.4, 0.5) is 0 Å². The predicted molar refractivity (Wildman–Crippen MR) is 34.1 cm³/mol. The molecule has 0 aliphatic heterocycles. The first-order chi connectivity index (χ1) is 4.18. The molecule has 0 amide bonds. The second-order valence-corrected chi connectivity index (χ2v) is 1.63. The highest BCUT2D eigenvalue weighted by atomic mass is 16.3. The molecule has 0 aliphatic carbocycles. The van der Waals surface area contributed by atoms with E-state index in [-0.39, 0.29) is 6.61 Å². The fourth-order valence-corrected chi connectivity index (χ4v) is 0.200. The molecule has 0 fully saturated rings. The van der Waals surface area contributed by atoms with Crippen molar-refractivity contribution in [3.05, 3.63) is 0 Å². The van der Waals surface area contributed by atoms with Crippen LogP contribution in [0.15, 0.2) is 0 Å². The van der Waals surface area contributed by atoms with Gasteiger partial charge in [0, 0.05) is 6.54 Å². The molecule has 54 valence electrons. The Balaban J connectivity index is 0. The van der Waals surface area contributed by atoms with Gasteiger partial charge in [-0.1, -0.05) is 0 Å². The Bertz CT molecular complexity index is 77.0. The van der Waals surface area contributed by atoms with Gasteiger partial charge in [0.05, 0.1) is 6.61 Å². The van der Waals surface area contributed by atoms with Gasteiger partial charge in [-0.2, -0.15) is 0 Å². The van der Waals surface area contributed by atoms with Gasteiger partial charge in [-0.3, -0.25) is 0 Å². The van der Waals surface area contributed by atoms with Crippen molar-refractivity contribution in [2.24, 2.45) is 0 Å². The first kappa shape index (κ1) is 11.1. The minimum absolute atomic E-state index is 0.257. The molecule has 0 aromatic heterocycles. The van der Waals surface area contributed by atoms with E-state index in [1.807, 2.05) is 19.0 Å². The average Bonchev–Trinajstić information content (AvgIpc) is 1.67. The molecule has 0 aromatic carbocycles. The molecule has 0 rings (SSSR count). The molecular weight excluding hydrogens is 120 g/mol. The zero-order chi connectivity index (χ0) is 7.70. The topological polar surface area (TPSA) is 64.4 Å². The van der Waals surface area contributed by atoms with E-state index in [9.17, 15) is 0 Å². The van der Waals surface area contributed by atoms with Gasteiger partial charge >= 0.3 is 0 Å². The van der Waals surface area contributed by atoms with Crippen LogP contribution in [0.5, 0.6) is 0 Å². The van der Waals surface area contributed by atoms with Crippen LogP contribution < -0.4 is 0 Å². The van der Waals surface area contributed by atoms with Crippen LogP contribution in [0.25, 0.3) is 0 Å². The molecule has 4 nitrogen and oxygen atoms in total. The maximum Gasteiger partial charge on any atom is 0.231 e. The number of hydrogen-bond acceptors (Lipinski definition) is 4. The lowest BCUT2D eigenvalue weighted by Crippen LogP contribution is -2.15. The van der Waals surface area contributed by atoms with Crippen LogP contribution in [0.1, 0.15) is 0 Å². The highest BCUT2D eigenvalue weighted by molar-refractivity contribution is 5.26. The van der Waals surface area contributed by atoms with Crippen LogP contribution in [-0.2, 0) is 4.79 Å².